The van der Waals surface area contributed by atoms with Gasteiger partial charge in [-0.3, -0.25) is 0 Å². The Hall–Kier alpha value is 0.0900. The third-order valence-electron chi connectivity index (χ3n) is 2.00. The van der Waals surface area contributed by atoms with Crippen molar-refractivity contribution in [3.63, 3.8) is 0 Å². The van der Waals surface area contributed by atoms with Gasteiger partial charge in [-0.1, -0.05) is 51.2 Å². The lowest BCUT2D eigenvalue weighted by molar-refractivity contribution is 0.611. The van der Waals surface area contributed by atoms with E-state index in [1.54, 1.807) is 0 Å². The number of rotatable bonds is 8. The fourth-order valence-corrected chi connectivity index (χ4v) is 1.38. The van der Waals surface area contributed by atoms with Crippen LogP contribution in [0.1, 0.15) is 51.9 Å². The van der Waals surface area contributed by atoms with E-state index in [2.05, 4.69) is 31.7 Å². The molecule has 0 aromatic heterocycles. The largest absolute Gasteiger partial charge is 0.175 e. The Morgan fingerprint density at radius 1 is 0.917 bits per heavy atom. The first kappa shape index (κ1) is 12.1. The normalized spacial score (nSPS) is 11.2. The predicted octanol–water partition coefficient (Wildman–Crippen LogP) is 4.22. The molecule has 0 aromatic carbocycles. The zero-order valence-corrected chi connectivity index (χ0v) is 9.15. The van der Waals surface area contributed by atoms with E-state index in [0.717, 1.165) is 5.75 Å². The molecule has 0 aliphatic heterocycles. The molecule has 0 nitrogen and oxygen atoms in total. The van der Waals surface area contributed by atoms with Gasteiger partial charge in [-0.25, -0.2) is 0 Å². The van der Waals surface area contributed by atoms with E-state index in [-0.39, 0.29) is 0 Å². The highest BCUT2D eigenvalue weighted by Gasteiger charge is 1.87. The average molecular weight is 186 g/mol. The third kappa shape index (κ3) is 10.1. The quantitative estimate of drug-likeness (QED) is 0.327. The smallest absolute Gasteiger partial charge is 0.00825 e. The van der Waals surface area contributed by atoms with Crippen LogP contribution in [0.25, 0.3) is 0 Å². The van der Waals surface area contributed by atoms with Gasteiger partial charge in [-0.05, 0) is 12.8 Å². The molecule has 0 saturated heterocycles. The van der Waals surface area contributed by atoms with Crippen LogP contribution < -0.4 is 0 Å². The van der Waals surface area contributed by atoms with E-state index in [1.807, 2.05) is 0 Å². The Labute approximate surface area is 82.9 Å². The van der Waals surface area contributed by atoms with Gasteiger partial charge in [-0.15, -0.1) is 0 Å². The van der Waals surface area contributed by atoms with Crippen molar-refractivity contribution in [1.29, 1.82) is 0 Å². The van der Waals surface area contributed by atoms with Gasteiger partial charge in [0.15, 0.2) is 0 Å². The van der Waals surface area contributed by atoms with E-state index in [1.165, 1.54) is 44.9 Å². The first-order chi connectivity index (χ1) is 5.91. The van der Waals surface area contributed by atoms with E-state index >= 15 is 0 Å². The zero-order valence-electron chi connectivity index (χ0n) is 8.26. The summed E-state index contributed by atoms with van der Waals surface area (Å²) in [6.45, 7) is 2.26. The van der Waals surface area contributed by atoms with Gasteiger partial charge in [0.1, 0.15) is 0 Å². The molecule has 0 aromatic rings. The van der Waals surface area contributed by atoms with Crippen LogP contribution >= 0.6 is 12.6 Å². The second kappa shape index (κ2) is 11.1. The van der Waals surface area contributed by atoms with Gasteiger partial charge in [-0.2, -0.15) is 12.6 Å². The zero-order chi connectivity index (χ0) is 9.07. The Morgan fingerprint density at radius 3 is 2.25 bits per heavy atom. The molecule has 0 saturated carbocycles. The van der Waals surface area contributed by atoms with E-state index < -0.39 is 0 Å². The molecule has 12 heavy (non-hydrogen) atoms. The van der Waals surface area contributed by atoms with Gasteiger partial charge in [0.25, 0.3) is 0 Å². The Bertz CT molecular complexity index is 97.2. The second-order valence-corrected chi connectivity index (χ2v) is 3.58. The first-order valence-corrected chi connectivity index (χ1v) is 5.81. The Morgan fingerprint density at radius 2 is 1.58 bits per heavy atom. The summed E-state index contributed by atoms with van der Waals surface area (Å²) in [7, 11) is 0. The second-order valence-electron chi connectivity index (χ2n) is 3.21. The number of hydrogen-bond acceptors (Lipinski definition) is 1. The van der Waals surface area contributed by atoms with Crippen molar-refractivity contribution in [2.24, 2.45) is 0 Å². The van der Waals surface area contributed by atoms with E-state index in [9.17, 15) is 0 Å². The van der Waals surface area contributed by atoms with Crippen LogP contribution in [0.15, 0.2) is 12.2 Å². The summed E-state index contributed by atoms with van der Waals surface area (Å²) in [5.74, 6) is 0.885. The molecule has 0 rings (SSSR count). The van der Waals surface area contributed by atoms with Crippen LogP contribution in [-0.2, 0) is 0 Å². The van der Waals surface area contributed by atoms with Crippen LogP contribution in [0.5, 0.6) is 0 Å². The molecule has 0 amide bonds. The topological polar surface area (TPSA) is 0 Å². The summed E-state index contributed by atoms with van der Waals surface area (Å²) in [4.78, 5) is 0. The number of hydrogen-bond donors (Lipinski definition) is 1. The van der Waals surface area contributed by atoms with Gasteiger partial charge in [0.05, 0.1) is 0 Å². The molecule has 0 N–H and O–H groups in total. The summed E-state index contributed by atoms with van der Waals surface area (Å²) >= 11 is 4.10. The van der Waals surface area contributed by atoms with Crippen LogP contribution in [0.3, 0.4) is 0 Å². The van der Waals surface area contributed by atoms with Crippen molar-refractivity contribution in [2.75, 3.05) is 5.75 Å². The SMILES string of the molecule is CCCCCCCC/C=C\CS. The highest BCUT2D eigenvalue weighted by Crippen LogP contribution is 2.06. The minimum Gasteiger partial charge on any atom is -0.175 e. The molecule has 0 heterocycles. The van der Waals surface area contributed by atoms with Gasteiger partial charge < -0.3 is 0 Å². The summed E-state index contributed by atoms with van der Waals surface area (Å²) < 4.78 is 0. The van der Waals surface area contributed by atoms with Crippen LogP contribution in [0.4, 0.5) is 0 Å². The maximum absolute atomic E-state index is 4.10. The van der Waals surface area contributed by atoms with Crippen molar-refractivity contribution in [3.8, 4) is 0 Å². The summed E-state index contributed by atoms with van der Waals surface area (Å²) in [5.41, 5.74) is 0. The molecular weight excluding hydrogens is 164 g/mol. The lowest BCUT2D eigenvalue weighted by atomic mass is 10.1. The van der Waals surface area contributed by atoms with E-state index in [0.29, 0.717) is 0 Å². The average Bonchev–Trinajstić information content (AvgIpc) is 2.10. The number of unbranched alkanes of at least 4 members (excludes halogenated alkanes) is 6. The lowest BCUT2D eigenvalue weighted by Gasteiger charge is -1.97. The minimum atomic E-state index is 0.885. The fraction of sp³-hybridized carbons (Fsp3) is 0.818. The summed E-state index contributed by atoms with van der Waals surface area (Å²) in [5, 5.41) is 0. The molecule has 1 heteroatoms. The lowest BCUT2D eigenvalue weighted by Crippen LogP contribution is -1.77. The van der Waals surface area contributed by atoms with E-state index in [4.69, 9.17) is 0 Å². The van der Waals surface area contributed by atoms with Crippen LogP contribution in [0, 0.1) is 0 Å². The highest BCUT2D eigenvalue weighted by molar-refractivity contribution is 7.80. The third-order valence-corrected chi connectivity index (χ3v) is 2.21. The first-order valence-electron chi connectivity index (χ1n) is 5.17. The summed E-state index contributed by atoms with van der Waals surface area (Å²) in [6, 6.07) is 0. The molecule has 0 aliphatic carbocycles. The maximum atomic E-state index is 4.10. The molecule has 0 fully saturated rings. The summed E-state index contributed by atoms with van der Waals surface area (Å²) in [6.07, 6.45) is 14.0. The monoisotopic (exact) mass is 186 g/mol. The van der Waals surface area contributed by atoms with Crippen molar-refractivity contribution in [3.05, 3.63) is 12.2 Å². The van der Waals surface area contributed by atoms with Crippen molar-refractivity contribution >= 4 is 12.6 Å². The molecule has 0 bridgehead atoms. The molecular formula is C11H22S. The minimum absolute atomic E-state index is 0.885. The molecule has 0 atom stereocenters. The number of thiol groups is 1. The van der Waals surface area contributed by atoms with Gasteiger partial charge in [0.2, 0.25) is 0 Å². The van der Waals surface area contributed by atoms with Crippen LogP contribution in [-0.4, -0.2) is 5.75 Å². The molecule has 0 radical (unpaired) electrons. The van der Waals surface area contributed by atoms with Crippen LogP contribution in [0.2, 0.25) is 0 Å². The standard InChI is InChI=1S/C11H22S/c1-2-3-4-5-6-7-8-9-10-11-12/h9-10,12H,2-8,11H2,1H3/b10-9-. The van der Waals surface area contributed by atoms with Gasteiger partial charge >= 0.3 is 0 Å². The molecule has 0 aliphatic rings. The van der Waals surface area contributed by atoms with Crippen molar-refractivity contribution in [2.45, 2.75) is 51.9 Å². The highest BCUT2D eigenvalue weighted by atomic mass is 32.1. The number of allylic oxidation sites excluding steroid dienone is 1. The van der Waals surface area contributed by atoms with Crippen molar-refractivity contribution < 1.29 is 0 Å². The maximum Gasteiger partial charge on any atom is 0.00825 e. The van der Waals surface area contributed by atoms with Crippen molar-refractivity contribution in [1.82, 2.24) is 0 Å². The Kier molecular flexibility index (Phi) is 11.2. The fourth-order valence-electron chi connectivity index (χ4n) is 1.23. The van der Waals surface area contributed by atoms with Gasteiger partial charge in [0, 0.05) is 5.75 Å². The predicted molar refractivity (Wildman–Crippen MR) is 61.0 cm³/mol. The molecule has 0 spiro atoms. The molecule has 72 valence electrons. The molecule has 0 unspecified atom stereocenters. The Balaban J connectivity index is 2.86.